The molecule has 1 aliphatic heterocycles. The van der Waals surface area contributed by atoms with Gasteiger partial charge in [0, 0.05) is 12.6 Å². The molecular formula is C16H21N3. The monoisotopic (exact) mass is 255 g/mol. The second kappa shape index (κ2) is 4.72. The highest BCUT2D eigenvalue weighted by atomic mass is 15.4. The van der Waals surface area contributed by atoms with Crippen molar-refractivity contribution < 1.29 is 0 Å². The first-order chi connectivity index (χ1) is 9.17. The van der Waals surface area contributed by atoms with Crippen LogP contribution in [0.1, 0.15) is 41.8 Å². The molecule has 0 saturated heterocycles. The fraction of sp³-hybridized carbons (Fsp3) is 0.438. The lowest BCUT2D eigenvalue weighted by atomic mass is 9.98. The molecule has 0 amide bonds. The number of benzene rings is 1. The van der Waals surface area contributed by atoms with Crippen LogP contribution in [0.25, 0.3) is 0 Å². The summed E-state index contributed by atoms with van der Waals surface area (Å²) in [5.74, 6) is 1.16. The van der Waals surface area contributed by atoms with Crippen molar-refractivity contribution in [2.75, 3.05) is 11.9 Å². The predicted molar refractivity (Wildman–Crippen MR) is 78.8 cm³/mol. The van der Waals surface area contributed by atoms with Gasteiger partial charge in [0.05, 0.1) is 11.7 Å². The summed E-state index contributed by atoms with van der Waals surface area (Å²) in [5, 5.41) is 8.19. The van der Waals surface area contributed by atoms with Gasteiger partial charge in [-0.05, 0) is 32.3 Å². The first-order valence-electron chi connectivity index (χ1n) is 7.08. The van der Waals surface area contributed by atoms with E-state index < -0.39 is 0 Å². The van der Waals surface area contributed by atoms with Gasteiger partial charge in [-0.2, -0.15) is 5.10 Å². The van der Waals surface area contributed by atoms with Crippen molar-refractivity contribution >= 4 is 5.82 Å². The van der Waals surface area contributed by atoms with Crippen LogP contribution in [0.3, 0.4) is 0 Å². The van der Waals surface area contributed by atoms with E-state index in [0.717, 1.165) is 25.2 Å². The maximum atomic E-state index is 4.74. The summed E-state index contributed by atoms with van der Waals surface area (Å²) in [6, 6.07) is 9.36. The molecule has 0 radical (unpaired) electrons. The topological polar surface area (TPSA) is 29.9 Å². The van der Waals surface area contributed by atoms with Crippen molar-refractivity contribution in [1.82, 2.24) is 9.78 Å². The minimum Gasteiger partial charge on any atom is -0.370 e. The highest BCUT2D eigenvalue weighted by Gasteiger charge is 2.23. The molecule has 0 fully saturated rings. The van der Waals surface area contributed by atoms with Crippen LogP contribution >= 0.6 is 0 Å². The van der Waals surface area contributed by atoms with E-state index >= 15 is 0 Å². The molecule has 0 aliphatic carbocycles. The summed E-state index contributed by atoms with van der Waals surface area (Å²) in [4.78, 5) is 0. The van der Waals surface area contributed by atoms with Crippen LogP contribution in [0.15, 0.2) is 24.3 Å². The summed E-state index contributed by atoms with van der Waals surface area (Å²) in [6.45, 7) is 7.50. The van der Waals surface area contributed by atoms with Crippen molar-refractivity contribution in [2.45, 2.75) is 39.7 Å². The van der Waals surface area contributed by atoms with Crippen molar-refractivity contribution in [3.05, 3.63) is 46.6 Å². The molecule has 3 nitrogen and oxygen atoms in total. The van der Waals surface area contributed by atoms with Crippen LogP contribution in [0, 0.1) is 13.8 Å². The summed E-state index contributed by atoms with van der Waals surface area (Å²) in [5.41, 5.74) is 5.21. The molecule has 3 rings (SSSR count). The Kier molecular flexibility index (Phi) is 3.05. The van der Waals surface area contributed by atoms with Crippen LogP contribution in [0.2, 0.25) is 0 Å². The molecule has 19 heavy (non-hydrogen) atoms. The van der Waals surface area contributed by atoms with Gasteiger partial charge in [0.15, 0.2) is 0 Å². The number of nitrogens with zero attached hydrogens (tertiary/aromatic N) is 2. The van der Waals surface area contributed by atoms with Gasteiger partial charge < -0.3 is 5.32 Å². The fourth-order valence-corrected chi connectivity index (χ4v) is 2.96. The lowest BCUT2D eigenvalue weighted by molar-refractivity contribution is 0.478. The number of rotatable bonds is 2. The third-order valence-electron chi connectivity index (χ3n) is 3.80. The van der Waals surface area contributed by atoms with E-state index in [1.165, 1.54) is 22.4 Å². The van der Waals surface area contributed by atoms with Crippen molar-refractivity contribution in [3.63, 3.8) is 0 Å². The zero-order valence-electron chi connectivity index (χ0n) is 11.9. The SMILES string of the molecule is CCc1cc2n(n1)C(c1cc(C)cc(C)c1)CCN2. The number of aryl methyl sites for hydroxylation is 3. The Balaban J connectivity index is 2.05. The molecule has 0 spiro atoms. The van der Waals surface area contributed by atoms with Gasteiger partial charge in [0.2, 0.25) is 0 Å². The molecule has 2 heterocycles. The van der Waals surface area contributed by atoms with E-state index in [1.54, 1.807) is 0 Å². The van der Waals surface area contributed by atoms with Crippen molar-refractivity contribution in [3.8, 4) is 0 Å². The Morgan fingerprint density at radius 3 is 2.63 bits per heavy atom. The second-order valence-electron chi connectivity index (χ2n) is 5.47. The van der Waals surface area contributed by atoms with Gasteiger partial charge >= 0.3 is 0 Å². The standard InChI is InChI=1S/C16H21N3/c1-4-14-10-16-17-6-5-15(19(16)18-14)13-8-11(2)7-12(3)9-13/h7-10,15,17H,4-6H2,1-3H3. The van der Waals surface area contributed by atoms with Crippen molar-refractivity contribution in [1.29, 1.82) is 0 Å². The highest BCUT2D eigenvalue weighted by Crippen LogP contribution is 2.30. The average molecular weight is 255 g/mol. The Bertz CT molecular complexity index is 578. The third kappa shape index (κ3) is 2.25. The first kappa shape index (κ1) is 12.3. The molecule has 2 aromatic rings. The average Bonchev–Trinajstić information content (AvgIpc) is 2.80. The lowest BCUT2D eigenvalue weighted by Crippen LogP contribution is -2.24. The molecule has 1 atom stereocenters. The highest BCUT2D eigenvalue weighted by molar-refractivity contribution is 5.42. The van der Waals surface area contributed by atoms with Gasteiger partial charge in [-0.3, -0.25) is 0 Å². The van der Waals surface area contributed by atoms with E-state index in [9.17, 15) is 0 Å². The zero-order valence-corrected chi connectivity index (χ0v) is 11.9. The van der Waals surface area contributed by atoms with Gasteiger partial charge in [-0.1, -0.05) is 36.2 Å². The van der Waals surface area contributed by atoms with Gasteiger partial charge in [-0.25, -0.2) is 4.68 Å². The number of nitrogens with one attached hydrogen (secondary N) is 1. The summed E-state index contributed by atoms with van der Waals surface area (Å²) >= 11 is 0. The second-order valence-corrected chi connectivity index (χ2v) is 5.47. The maximum Gasteiger partial charge on any atom is 0.125 e. The number of fused-ring (bicyclic) bond motifs is 1. The molecule has 1 aromatic carbocycles. The van der Waals surface area contributed by atoms with Gasteiger partial charge in [-0.15, -0.1) is 0 Å². The quantitative estimate of drug-likeness (QED) is 0.890. The van der Waals surface area contributed by atoms with E-state index in [2.05, 4.69) is 55.0 Å². The summed E-state index contributed by atoms with van der Waals surface area (Å²) in [7, 11) is 0. The van der Waals surface area contributed by atoms with Crippen LogP contribution in [0.5, 0.6) is 0 Å². The van der Waals surface area contributed by atoms with Gasteiger partial charge in [0.25, 0.3) is 0 Å². The summed E-state index contributed by atoms with van der Waals surface area (Å²) in [6.07, 6.45) is 2.09. The van der Waals surface area contributed by atoms with Crippen LogP contribution in [-0.4, -0.2) is 16.3 Å². The minimum absolute atomic E-state index is 0.371. The van der Waals surface area contributed by atoms with E-state index in [0.29, 0.717) is 6.04 Å². The van der Waals surface area contributed by atoms with Gasteiger partial charge in [0.1, 0.15) is 5.82 Å². The molecule has 1 unspecified atom stereocenters. The molecule has 1 aliphatic rings. The Hall–Kier alpha value is -1.77. The minimum atomic E-state index is 0.371. The number of hydrogen-bond acceptors (Lipinski definition) is 2. The molecule has 100 valence electrons. The Morgan fingerprint density at radius 1 is 1.21 bits per heavy atom. The smallest absolute Gasteiger partial charge is 0.125 e. The van der Waals surface area contributed by atoms with Crippen LogP contribution < -0.4 is 5.32 Å². The Morgan fingerprint density at radius 2 is 1.95 bits per heavy atom. The zero-order chi connectivity index (χ0) is 13.4. The van der Waals surface area contributed by atoms with E-state index in [1.807, 2.05) is 0 Å². The van der Waals surface area contributed by atoms with E-state index in [-0.39, 0.29) is 0 Å². The van der Waals surface area contributed by atoms with Crippen LogP contribution in [0.4, 0.5) is 5.82 Å². The normalized spacial score (nSPS) is 17.9. The predicted octanol–water partition coefficient (Wildman–Crippen LogP) is 3.47. The van der Waals surface area contributed by atoms with Crippen molar-refractivity contribution in [2.24, 2.45) is 0 Å². The molecular weight excluding hydrogens is 234 g/mol. The first-order valence-corrected chi connectivity index (χ1v) is 7.08. The number of anilines is 1. The lowest BCUT2D eigenvalue weighted by Gasteiger charge is -2.26. The molecule has 0 saturated carbocycles. The number of hydrogen-bond donors (Lipinski definition) is 1. The van der Waals surface area contributed by atoms with E-state index in [4.69, 9.17) is 5.10 Å². The largest absolute Gasteiger partial charge is 0.370 e. The maximum absolute atomic E-state index is 4.74. The summed E-state index contributed by atoms with van der Waals surface area (Å²) < 4.78 is 2.16. The molecule has 1 aromatic heterocycles. The molecule has 0 bridgehead atoms. The number of aromatic nitrogens is 2. The van der Waals surface area contributed by atoms with Crippen LogP contribution in [-0.2, 0) is 6.42 Å². The molecule has 1 N–H and O–H groups in total. The third-order valence-corrected chi connectivity index (χ3v) is 3.80. The Labute approximate surface area is 114 Å². The molecule has 3 heteroatoms. The fourth-order valence-electron chi connectivity index (χ4n) is 2.96.